The van der Waals surface area contributed by atoms with E-state index in [9.17, 15) is 14.4 Å². The maximum atomic E-state index is 13.4. The van der Waals surface area contributed by atoms with E-state index in [4.69, 9.17) is 0 Å². The van der Waals surface area contributed by atoms with Crippen molar-refractivity contribution in [1.82, 2.24) is 24.1 Å². The average molecular weight is 434 g/mol. The SMILES string of the molecule is Cn1cc2c(c(C(=O)N3CCCCC3)c1=O)CCN(C(=O)c1nn(C)c3ccccc13)C2. The molecule has 166 valence electrons. The monoisotopic (exact) mass is 433 g/mol. The molecule has 0 saturated carbocycles. The number of rotatable bonds is 2. The zero-order valence-corrected chi connectivity index (χ0v) is 18.5. The summed E-state index contributed by atoms with van der Waals surface area (Å²) in [5.41, 5.74) is 3.01. The smallest absolute Gasteiger partial charge is 0.275 e. The molecule has 2 amide bonds. The lowest BCUT2D eigenvalue weighted by molar-refractivity contribution is 0.0715. The normalized spacial score (nSPS) is 16.3. The first-order valence-electron chi connectivity index (χ1n) is 11.2. The van der Waals surface area contributed by atoms with Crippen molar-refractivity contribution >= 4 is 22.7 Å². The van der Waals surface area contributed by atoms with Crippen LogP contribution in [0.1, 0.15) is 51.2 Å². The summed E-state index contributed by atoms with van der Waals surface area (Å²) >= 11 is 0. The number of aryl methyl sites for hydroxylation is 2. The largest absolute Gasteiger partial charge is 0.338 e. The fourth-order valence-corrected chi connectivity index (χ4v) is 4.96. The number of hydrogen-bond donors (Lipinski definition) is 0. The quantitative estimate of drug-likeness (QED) is 0.620. The Morgan fingerprint density at radius 3 is 2.47 bits per heavy atom. The van der Waals surface area contributed by atoms with Gasteiger partial charge in [-0.1, -0.05) is 18.2 Å². The molecule has 1 aromatic carbocycles. The predicted molar refractivity (Wildman–Crippen MR) is 121 cm³/mol. The molecule has 0 bridgehead atoms. The summed E-state index contributed by atoms with van der Waals surface area (Å²) in [5, 5.41) is 5.30. The minimum atomic E-state index is -0.255. The highest BCUT2D eigenvalue weighted by atomic mass is 16.2. The minimum Gasteiger partial charge on any atom is -0.338 e. The van der Waals surface area contributed by atoms with Crippen LogP contribution in [0, 0.1) is 0 Å². The van der Waals surface area contributed by atoms with E-state index in [0.717, 1.165) is 41.3 Å². The summed E-state index contributed by atoms with van der Waals surface area (Å²) in [5.74, 6) is -0.303. The number of fused-ring (bicyclic) bond motifs is 2. The fraction of sp³-hybridized carbons (Fsp3) is 0.417. The van der Waals surface area contributed by atoms with Crippen LogP contribution in [-0.2, 0) is 27.1 Å². The first-order valence-corrected chi connectivity index (χ1v) is 11.2. The van der Waals surface area contributed by atoms with Crippen LogP contribution in [0.5, 0.6) is 0 Å². The van der Waals surface area contributed by atoms with Gasteiger partial charge in [-0.05, 0) is 42.9 Å². The second-order valence-electron chi connectivity index (χ2n) is 8.74. The second-order valence-corrected chi connectivity index (χ2v) is 8.74. The number of aromatic nitrogens is 3. The third-order valence-corrected chi connectivity index (χ3v) is 6.67. The lowest BCUT2D eigenvalue weighted by atomic mass is 9.95. The standard InChI is InChI=1S/C24H27N5O3/c1-26-14-16-15-29(24(32)21-18-8-4-5-9-19(18)27(2)25-21)13-10-17(16)20(22(26)30)23(31)28-11-6-3-7-12-28/h4-5,8-9,14H,3,6-7,10-13,15H2,1-2H3. The van der Waals surface area contributed by atoms with Crippen molar-refractivity contribution in [2.75, 3.05) is 19.6 Å². The van der Waals surface area contributed by atoms with E-state index in [2.05, 4.69) is 5.10 Å². The molecule has 5 rings (SSSR count). The van der Waals surface area contributed by atoms with Crippen LogP contribution in [-0.4, -0.2) is 55.6 Å². The number of amides is 2. The van der Waals surface area contributed by atoms with E-state index < -0.39 is 0 Å². The van der Waals surface area contributed by atoms with Crippen LogP contribution in [0.4, 0.5) is 0 Å². The van der Waals surface area contributed by atoms with E-state index >= 15 is 0 Å². The number of para-hydroxylation sites is 1. The minimum absolute atomic E-state index is 0.134. The van der Waals surface area contributed by atoms with Gasteiger partial charge in [-0.15, -0.1) is 0 Å². The Hall–Kier alpha value is -3.42. The van der Waals surface area contributed by atoms with Gasteiger partial charge in [0.15, 0.2) is 5.69 Å². The van der Waals surface area contributed by atoms with Gasteiger partial charge in [-0.2, -0.15) is 5.10 Å². The van der Waals surface area contributed by atoms with E-state index in [-0.39, 0.29) is 22.9 Å². The van der Waals surface area contributed by atoms with E-state index in [0.29, 0.717) is 38.3 Å². The lowest BCUT2D eigenvalue weighted by Gasteiger charge is -2.32. The Morgan fingerprint density at radius 2 is 1.69 bits per heavy atom. The summed E-state index contributed by atoms with van der Waals surface area (Å²) < 4.78 is 3.19. The summed E-state index contributed by atoms with van der Waals surface area (Å²) in [4.78, 5) is 43.1. The summed E-state index contributed by atoms with van der Waals surface area (Å²) in [7, 11) is 3.50. The van der Waals surface area contributed by atoms with Crippen molar-refractivity contribution in [3.63, 3.8) is 0 Å². The molecule has 1 saturated heterocycles. The first kappa shape index (κ1) is 20.5. The van der Waals surface area contributed by atoms with Crippen LogP contribution in [0.3, 0.4) is 0 Å². The highest BCUT2D eigenvalue weighted by Crippen LogP contribution is 2.25. The molecule has 0 unspecified atom stereocenters. The molecular weight excluding hydrogens is 406 g/mol. The Bertz CT molecular complexity index is 1280. The van der Waals surface area contributed by atoms with Gasteiger partial charge < -0.3 is 14.4 Å². The van der Waals surface area contributed by atoms with Gasteiger partial charge in [0.2, 0.25) is 0 Å². The lowest BCUT2D eigenvalue weighted by Crippen LogP contribution is -2.43. The average Bonchev–Trinajstić information content (AvgIpc) is 3.16. The van der Waals surface area contributed by atoms with Gasteiger partial charge in [0.05, 0.1) is 5.52 Å². The Morgan fingerprint density at radius 1 is 0.938 bits per heavy atom. The highest BCUT2D eigenvalue weighted by molar-refractivity contribution is 6.05. The van der Waals surface area contributed by atoms with Gasteiger partial charge in [-0.25, -0.2) is 0 Å². The van der Waals surface area contributed by atoms with Crippen LogP contribution in [0.25, 0.3) is 10.9 Å². The number of likely N-dealkylation sites (tertiary alicyclic amines) is 1. The van der Waals surface area contributed by atoms with Crippen LogP contribution in [0.15, 0.2) is 35.3 Å². The molecule has 8 nitrogen and oxygen atoms in total. The third-order valence-electron chi connectivity index (χ3n) is 6.67. The van der Waals surface area contributed by atoms with Gasteiger partial charge in [-0.3, -0.25) is 19.1 Å². The van der Waals surface area contributed by atoms with E-state index in [1.165, 1.54) is 4.57 Å². The summed E-state index contributed by atoms with van der Waals surface area (Å²) in [6.45, 7) is 2.20. The maximum Gasteiger partial charge on any atom is 0.275 e. The van der Waals surface area contributed by atoms with Crippen molar-refractivity contribution in [2.45, 2.75) is 32.2 Å². The number of carbonyl (C=O) groups is 2. The van der Waals surface area contributed by atoms with Crippen molar-refractivity contribution in [3.05, 3.63) is 63.2 Å². The van der Waals surface area contributed by atoms with Crippen molar-refractivity contribution in [3.8, 4) is 0 Å². The Labute approximate surface area is 186 Å². The molecule has 0 radical (unpaired) electrons. The fourth-order valence-electron chi connectivity index (χ4n) is 4.96. The van der Waals surface area contributed by atoms with Crippen LogP contribution in [0.2, 0.25) is 0 Å². The molecule has 0 N–H and O–H groups in total. The van der Waals surface area contributed by atoms with Gasteiger partial charge in [0.25, 0.3) is 17.4 Å². The zero-order chi connectivity index (χ0) is 22.4. The van der Waals surface area contributed by atoms with Crippen LogP contribution >= 0.6 is 0 Å². The molecule has 0 aliphatic carbocycles. The summed E-state index contributed by atoms with van der Waals surface area (Å²) in [6, 6.07) is 7.68. The Balaban J connectivity index is 1.48. The Kier molecular flexibility index (Phi) is 5.07. The van der Waals surface area contributed by atoms with E-state index in [1.807, 2.05) is 31.3 Å². The molecule has 8 heteroatoms. The summed E-state index contributed by atoms with van der Waals surface area (Å²) in [6.07, 6.45) is 5.31. The van der Waals surface area contributed by atoms with E-state index in [1.54, 1.807) is 27.7 Å². The molecule has 2 aromatic heterocycles. The number of hydrogen-bond acceptors (Lipinski definition) is 4. The number of pyridine rings is 1. The van der Waals surface area contributed by atoms with Crippen LogP contribution < -0.4 is 5.56 Å². The van der Waals surface area contributed by atoms with Crippen molar-refractivity contribution in [2.24, 2.45) is 14.1 Å². The highest BCUT2D eigenvalue weighted by Gasteiger charge is 2.31. The van der Waals surface area contributed by atoms with Crippen molar-refractivity contribution in [1.29, 1.82) is 0 Å². The molecule has 1 fully saturated rings. The molecule has 32 heavy (non-hydrogen) atoms. The molecule has 2 aliphatic heterocycles. The topological polar surface area (TPSA) is 80.4 Å². The number of carbonyl (C=O) groups excluding carboxylic acids is 2. The van der Waals surface area contributed by atoms with Crippen molar-refractivity contribution < 1.29 is 9.59 Å². The second kappa shape index (κ2) is 7.93. The van der Waals surface area contributed by atoms with Gasteiger partial charge >= 0.3 is 0 Å². The molecular formula is C24H27N5O3. The zero-order valence-electron chi connectivity index (χ0n) is 18.5. The van der Waals surface area contributed by atoms with Gasteiger partial charge in [0.1, 0.15) is 5.56 Å². The molecule has 3 aromatic rings. The number of piperidine rings is 1. The first-order chi connectivity index (χ1) is 15.5. The molecule has 0 spiro atoms. The predicted octanol–water partition coefficient (Wildman–Crippen LogP) is 2.10. The number of nitrogens with zero attached hydrogens (tertiary/aromatic N) is 5. The molecule has 2 aliphatic rings. The molecule has 0 atom stereocenters. The maximum absolute atomic E-state index is 13.4. The molecule has 4 heterocycles. The van der Waals surface area contributed by atoms with Gasteiger partial charge in [0, 0.05) is 51.9 Å². The third kappa shape index (κ3) is 3.30. The number of benzene rings is 1.